The van der Waals surface area contributed by atoms with Crippen LogP contribution in [0.1, 0.15) is 20.3 Å². The van der Waals surface area contributed by atoms with Crippen LogP contribution in [0.5, 0.6) is 17.2 Å². The average molecular weight is 343 g/mol. The largest absolute Gasteiger partial charge is 0.497 e. The zero-order valence-corrected chi connectivity index (χ0v) is 15.0. The predicted molar refractivity (Wildman–Crippen MR) is 98.5 cm³/mol. The van der Waals surface area contributed by atoms with Gasteiger partial charge in [0.2, 0.25) is 0 Å². The van der Waals surface area contributed by atoms with Crippen molar-refractivity contribution in [2.45, 2.75) is 20.3 Å². The maximum atomic E-state index is 11.9. The number of benzene rings is 2. The summed E-state index contributed by atoms with van der Waals surface area (Å²) in [5.74, 6) is 2.57. The lowest BCUT2D eigenvalue weighted by Gasteiger charge is -2.10. The van der Waals surface area contributed by atoms with Gasteiger partial charge in [-0.25, -0.2) is 0 Å². The fraction of sp³-hybridized carbons (Fsp3) is 0.350. The van der Waals surface area contributed by atoms with Gasteiger partial charge in [-0.05, 0) is 60.9 Å². The van der Waals surface area contributed by atoms with Gasteiger partial charge in [-0.3, -0.25) is 4.79 Å². The van der Waals surface area contributed by atoms with Crippen LogP contribution in [0.4, 0.5) is 5.69 Å². The number of rotatable bonds is 9. The third-order valence-corrected chi connectivity index (χ3v) is 3.53. The molecule has 0 aliphatic carbocycles. The Bertz CT molecular complexity index is 650. The molecule has 0 radical (unpaired) electrons. The van der Waals surface area contributed by atoms with E-state index in [9.17, 15) is 4.79 Å². The van der Waals surface area contributed by atoms with Crippen LogP contribution in [0.2, 0.25) is 0 Å². The van der Waals surface area contributed by atoms with Crippen molar-refractivity contribution in [3.8, 4) is 17.2 Å². The molecule has 0 fully saturated rings. The van der Waals surface area contributed by atoms with Crippen molar-refractivity contribution >= 4 is 11.6 Å². The van der Waals surface area contributed by atoms with E-state index in [1.165, 1.54) is 0 Å². The molecule has 2 rings (SSSR count). The maximum Gasteiger partial charge on any atom is 0.262 e. The van der Waals surface area contributed by atoms with Crippen LogP contribution in [0, 0.1) is 5.92 Å². The summed E-state index contributed by atoms with van der Waals surface area (Å²) in [7, 11) is 1.60. The topological polar surface area (TPSA) is 56.8 Å². The number of nitrogens with one attached hydrogen (secondary N) is 1. The van der Waals surface area contributed by atoms with Gasteiger partial charge in [0.25, 0.3) is 5.91 Å². The highest BCUT2D eigenvalue weighted by molar-refractivity contribution is 5.91. The summed E-state index contributed by atoms with van der Waals surface area (Å²) in [6.07, 6.45) is 1.02. The van der Waals surface area contributed by atoms with Crippen LogP contribution in [0.25, 0.3) is 0 Å². The third kappa shape index (κ3) is 6.75. The number of amides is 1. The third-order valence-electron chi connectivity index (χ3n) is 3.53. The summed E-state index contributed by atoms with van der Waals surface area (Å²) in [6, 6.07) is 14.4. The molecule has 0 saturated heterocycles. The summed E-state index contributed by atoms with van der Waals surface area (Å²) in [5.41, 5.74) is 0.698. The van der Waals surface area contributed by atoms with Crippen molar-refractivity contribution in [1.29, 1.82) is 0 Å². The molecule has 0 aliphatic rings. The zero-order chi connectivity index (χ0) is 18.1. The Hall–Kier alpha value is -2.69. The van der Waals surface area contributed by atoms with Crippen molar-refractivity contribution in [2.75, 3.05) is 25.6 Å². The lowest BCUT2D eigenvalue weighted by atomic mass is 10.1. The number of hydrogen-bond acceptors (Lipinski definition) is 4. The Morgan fingerprint density at radius 3 is 2.04 bits per heavy atom. The van der Waals surface area contributed by atoms with Crippen molar-refractivity contribution in [3.05, 3.63) is 48.5 Å². The summed E-state index contributed by atoms with van der Waals surface area (Å²) in [4.78, 5) is 11.9. The summed E-state index contributed by atoms with van der Waals surface area (Å²) in [5, 5.41) is 2.77. The Kier molecular flexibility index (Phi) is 7.14. The first-order valence-corrected chi connectivity index (χ1v) is 8.36. The van der Waals surface area contributed by atoms with Crippen LogP contribution in [0.15, 0.2) is 48.5 Å². The first kappa shape index (κ1) is 18.6. The Balaban J connectivity index is 1.75. The molecule has 0 unspecified atom stereocenters. The molecule has 134 valence electrons. The molecule has 1 amide bonds. The molecule has 0 aromatic heterocycles. The van der Waals surface area contributed by atoms with Crippen LogP contribution < -0.4 is 19.5 Å². The van der Waals surface area contributed by atoms with Crippen molar-refractivity contribution in [3.63, 3.8) is 0 Å². The number of carbonyl (C=O) groups is 1. The molecule has 0 heterocycles. The monoisotopic (exact) mass is 343 g/mol. The highest BCUT2D eigenvalue weighted by atomic mass is 16.5. The lowest BCUT2D eigenvalue weighted by molar-refractivity contribution is -0.118. The van der Waals surface area contributed by atoms with Gasteiger partial charge < -0.3 is 19.5 Å². The minimum atomic E-state index is -0.220. The van der Waals surface area contributed by atoms with Crippen molar-refractivity contribution in [1.82, 2.24) is 0 Å². The van der Waals surface area contributed by atoms with E-state index >= 15 is 0 Å². The second-order valence-corrected chi connectivity index (χ2v) is 6.07. The number of anilines is 1. The first-order valence-electron chi connectivity index (χ1n) is 8.36. The highest BCUT2D eigenvalue weighted by Gasteiger charge is 2.05. The Labute approximate surface area is 148 Å². The molecule has 25 heavy (non-hydrogen) atoms. The van der Waals surface area contributed by atoms with Gasteiger partial charge in [-0.15, -0.1) is 0 Å². The number of ether oxygens (including phenoxy) is 3. The molecule has 2 aromatic rings. The standard InChI is InChI=1S/C20H25NO4/c1-15(2)12-13-24-18-8-10-19(11-9-18)25-14-20(22)21-16-4-6-17(23-3)7-5-16/h4-11,15H,12-14H2,1-3H3,(H,21,22). The predicted octanol–water partition coefficient (Wildman–Crippen LogP) is 4.14. The summed E-state index contributed by atoms with van der Waals surface area (Å²) < 4.78 is 16.2. The minimum absolute atomic E-state index is 0.0560. The van der Waals surface area contributed by atoms with Crippen LogP contribution >= 0.6 is 0 Å². The van der Waals surface area contributed by atoms with Gasteiger partial charge >= 0.3 is 0 Å². The van der Waals surface area contributed by atoms with Gasteiger partial charge in [0.1, 0.15) is 17.2 Å². The summed E-state index contributed by atoms with van der Waals surface area (Å²) in [6.45, 7) is 4.97. The van der Waals surface area contributed by atoms with E-state index in [0.29, 0.717) is 24.0 Å². The van der Waals surface area contributed by atoms with E-state index in [1.54, 1.807) is 43.5 Å². The number of carbonyl (C=O) groups excluding carboxylic acids is 1. The van der Waals surface area contributed by atoms with E-state index in [4.69, 9.17) is 14.2 Å². The molecule has 0 aliphatic heterocycles. The Morgan fingerprint density at radius 2 is 1.48 bits per heavy atom. The normalized spacial score (nSPS) is 10.4. The average Bonchev–Trinajstić information content (AvgIpc) is 2.61. The van der Waals surface area contributed by atoms with E-state index < -0.39 is 0 Å². The maximum absolute atomic E-state index is 11.9. The molecule has 0 spiro atoms. The molecule has 5 heteroatoms. The quantitative estimate of drug-likeness (QED) is 0.743. The number of hydrogen-bond donors (Lipinski definition) is 1. The molecular formula is C20H25NO4. The molecule has 2 aromatic carbocycles. The van der Waals surface area contributed by atoms with Crippen LogP contribution in [-0.2, 0) is 4.79 Å². The number of methoxy groups -OCH3 is 1. The van der Waals surface area contributed by atoms with Gasteiger partial charge in [0, 0.05) is 5.69 Å². The highest BCUT2D eigenvalue weighted by Crippen LogP contribution is 2.18. The van der Waals surface area contributed by atoms with Crippen LogP contribution in [0.3, 0.4) is 0 Å². The fourth-order valence-electron chi connectivity index (χ4n) is 2.06. The van der Waals surface area contributed by atoms with E-state index in [2.05, 4.69) is 19.2 Å². The van der Waals surface area contributed by atoms with E-state index in [1.807, 2.05) is 12.1 Å². The first-order chi connectivity index (χ1) is 12.1. The molecule has 0 saturated carbocycles. The minimum Gasteiger partial charge on any atom is -0.497 e. The van der Waals surface area contributed by atoms with Gasteiger partial charge in [-0.1, -0.05) is 13.8 Å². The van der Waals surface area contributed by atoms with Gasteiger partial charge in [0.05, 0.1) is 13.7 Å². The summed E-state index contributed by atoms with van der Waals surface area (Å²) >= 11 is 0. The van der Waals surface area contributed by atoms with E-state index in [-0.39, 0.29) is 12.5 Å². The van der Waals surface area contributed by atoms with Gasteiger partial charge in [0.15, 0.2) is 6.61 Å². The molecule has 0 bridgehead atoms. The van der Waals surface area contributed by atoms with E-state index in [0.717, 1.165) is 17.9 Å². The van der Waals surface area contributed by atoms with Gasteiger partial charge in [-0.2, -0.15) is 0 Å². The second-order valence-electron chi connectivity index (χ2n) is 6.07. The molecule has 5 nitrogen and oxygen atoms in total. The molecule has 0 atom stereocenters. The van der Waals surface area contributed by atoms with Crippen LogP contribution in [-0.4, -0.2) is 26.2 Å². The zero-order valence-electron chi connectivity index (χ0n) is 15.0. The van der Waals surface area contributed by atoms with Crippen molar-refractivity contribution in [2.24, 2.45) is 5.92 Å². The molecule has 1 N–H and O–H groups in total. The SMILES string of the molecule is COc1ccc(NC(=O)COc2ccc(OCCC(C)C)cc2)cc1. The smallest absolute Gasteiger partial charge is 0.262 e. The molecular weight excluding hydrogens is 318 g/mol. The Morgan fingerprint density at radius 1 is 0.920 bits per heavy atom. The van der Waals surface area contributed by atoms with Crippen molar-refractivity contribution < 1.29 is 19.0 Å². The fourth-order valence-corrected chi connectivity index (χ4v) is 2.06. The second kappa shape index (κ2) is 9.57. The lowest BCUT2D eigenvalue weighted by Crippen LogP contribution is -2.20.